The van der Waals surface area contributed by atoms with Gasteiger partial charge in [-0.25, -0.2) is 0 Å². The van der Waals surface area contributed by atoms with Crippen molar-refractivity contribution in [3.63, 3.8) is 0 Å². The van der Waals surface area contributed by atoms with Crippen LogP contribution >= 0.6 is 0 Å². The standard InChI is InChI=1S/C18H27NO/c1-2-18-10-5-6-15(12-18)9-11-19(18)13-16-7-3-4-8-17(16)14-20/h3-4,7-8,15,20H,2,5-6,9-14H2,1H3/t15-,18-/m1/s1. The largest absolute Gasteiger partial charge is 0.392 e. The molecule has 20 heavy (non-hydrogen) atoms. The van der Waals surface area contributed by atoms with Gasteiger partial charge in [0.25, 0.3) is 0 Å². The molecule has 0 amide bonds. The van der Waals surface area contributed by atoms with Gasteiger partial charge in [-0.3, -0.25) is 4.90 Å². The van der Waals surface area contributed by atoms with Crippen molar-refractivity contribution in [2.24, 2.45) is 5.92 Å². The number of rotatable bonds is 4. The van der Waals surface area contributed by atoms with E-state index in [1.807, 2.05) is 6.07 Å². The Kier molecular flexibility index (Phi) is 4.13. The van der Waals surface area contributed by atoms with Crippen molar-refractivity contribution in [1.29, 1.82) is 0 Å². The van der Waals surface area contributed by atoms with Crippen molar-refractivity contribution in [3.8, 4) is 0 Å². The molecule has 1 aromatic rings. The molecule has 1 saturated heterocycles. The summed E-state index contributed by atoms with van der Waals surface area (Å²) < 4.78 is 0. The minimum absolute atomic E-state index is 0.158. The normalized spacial score (nSPS) is 30.4. The summed E-state index contributed by atoms with van der Waals surface area (Å²) in [5.41, 5.74) is 2.84. The molecule has 1 heterocycles. The number of aliphatic hydroxyl groups excluding tert-OH is 1. The van der Waals surface area contributed by atoms with Crippen molar-refractivity contribution >= 4 is 0 Å². The molecule has 2 bridgehead atoms. The van der Waals surface area contributed by atoms with Crippen LogP contribution in [-0.4, -0.2) is 22.1 Å². The van der Waals surface area contributed by atoms with E-state index in [9.17, 15) is 5.11 Å². The Morgan fingerprint density at radius 1 is 1.25 bits per heavy atom. The maximum Gasteiger partial charge on any atom is 0.0685 e. The summed E-state index contributed by atoms with van der Waals surface area (Å²) in [6.45, 7) is 4.76. The molecule has 2 nitrogen and oxygen atoms in total. The highest BCUT2D eigenvalue weighted by Gasteiger charge is 2.43. The average molecular weight is 273 g/mol. The van der Waals surface area contributed by atoms with Gasteiger partial charge in [0.1, 0.15) is 0 Å². The highest BCUT2D eigenvalue weighted by atomic mass is 16.3. The Morgan fingerprint density at radius 3 is 2.80 bits per heavy atom. The zero-order chi connectivity index (χ0) is 14.0. The van der Waals surface area contributed by atoms with E-state index < -0.39 is 0 Å². The number of piperidine rings is 1. The van der Waals surface area contributed by atoms with E-state index in [2.05, 4.69) is 30.0 Å². The van der Waals surface area contributed by atoms with Crippen LogP contribution in [0.15, 0.2) is 24.3 Å². The number of benzene rings is 1. The molecule has 1 aliphatic heterocycles. The number of aliphatic hydroxyl groups is 1. The van der Waals surface area contributed by atoms with Gasteiger partial charge in [0.05, 0.1) is 6.61 Å². The summed E-state index contributed by atoms with van der Waals surface area (Å²) in [6, 6.07) is 8.36. The molecule has 110 valence electrons. The maximum atomic E-state index is 9.53. The lowest BCUT2D eigenvalue weighted by atomic mass is 9.69. The molecule has 2 heteroatoms. The molecular formula is C18H27NO. The zero-order valence-electron chi connectivity index (χ0n) is 12.6. The van der Waals surface area contributed by atoms with Crippen LogP contribution in [-0.2, 0) is 13.2 Å². The molecule has 0 aromatic heterocycles. The fourth-order valence-corrected chi connectivity index (χ4v) is 4.43. The fourth-order valence-electron chi connectivity index (χ4n) is 4.43. The lowest BCUT2D eigenvalue weighted by Gasteiger charge is -2.53. The molecule has 1 N–H and O–H groups in total. The number of hydrogen-bond donors (Lipinski definition) is 1. The highest BCUT2D eigenvalue weighted by Crippen LogP contribution is 2.45. The summed E-state index contributed by atoms with van der Waals surface area (Å²) in [4.78, 5) is 2.72. The van der Waals surface area contributed by atoms with Gasteiger partial charge in [-0.15, -0.1) is 0 Å². The van der Waals surface area contributed by atoms with E-state index in [0.717, 1.165) is 18.0 Å². The topological polar surface area (TPSA) is 23.5 Å². The maximum absolute atomic E-state index is 9.53. The van der Waals surface area contributed by atoms with Crippen molar-refractivity contribution < 1.29 is 5.11 Å². The third kappa shape index (κ3) is 2.51. The first-order valence-corrected chi connectivity index (χ1v) is 8.20. The number of hydrogen-bond acceptors (Lipinski definition) is 2. The third-order valence-electron chi connectivity index (χ3n) is 5.71. The van der Waals surface area contributed by atoms with Crippen molar-refractivity contribution in [2.75, 3.05) is 6.54 Å². The van der Waals surface area contributed by atoms with Gasteiger partial charge >= 0.3 is 0 Å². The second kappa shape index (κ2) is 5.87. The summed E-state index contributed by atoms with van der Waals surface area (Å²) in [7, 11) is 0. The first kappa shape index (κ1) is 14.1. The predicted octanol–water partition coefficient (Wildman–Crippen LogP) is 3.72. The van der Waals surface area contributed by atoms with Gasteiger partial charge in [0, 0.05) is 12.1 Å². The van der Waals surface area contributed by atoms with E-state index >= 15 is 0 Å². The third-order valence-corrected chi connectivity index (χ3v) is 5.71. The fraction of sp³-hybridized carbons (Fsp3) is 0.667. The van der Waals surface area contributed by atoms with Gasteiger partial charge in [-0.2, -0.15) is 0 Å². The Balaban J connectivity index is 1.82. The van der Waals surface area contributed by atoms with E-state index in [0.29, 0.717) is 5.54 Å². The average Bonchev–Trinajstić information content (AvgIpc) is 2.51. The molecule has 2 aliphatic rings. The van der Waals surface area contributed by atoms with Crippen molar-refractivity contribution in [1.82, 2.24) is 4.90 Å². The second-order valence-electron chi connectivity index (χ2n) is 6.68. The first-order valence-electron chi connectivity index (χ1n) is 8.20. The Labute approximate surface area is 122 Å². The van der Waals surface area contributed by atoms with Gasteiger partial charge in [0.2, 0.25) is 0 Å². The van der Waals surface area contributed by atoms with Crippen LogP contribution in [0.4, 0.5) is 0 Å². The van der Waals surface area contributed by atoms with Crippen LogP contribution in [0.5, 0.6) is 0 Å². The first-order chi connectivity index (χ1) is 9.77. The monoisotopic (exact) mass is 273 g/mol. The van der Waals surface area contributed by atoms with E-state index in [1.54, 1.807) is 0 Å². The van der Waals surface area contributed by atoms with Crippen LogP contribution in [0.3, 0.4) is 0 Å². The molecule has 0 spiro atoms. The van der Waals surface area contributed by atoms with Gasteiger partial charge in [-0.05, 0) is 49.3 Å². The van der Waals surface area contributed by atoms with E-state index in [4.69, 9.17) is 0 Å². The van der Waals surface area contributed by atoms with Crippen LogP contribution < -0.4 is 0 Å². The zero-order valence-corrected chi connectivity index (χ0v) is 12.6. The van der Waals surface area contributed by atoms with Crippen LogP contribution in [0.1, 0.15) is 56.6 Å². The van der Waals surface area contributed by atoms with E-state index in [-0.39, 0.29) is 6.61 Å². The number of nitrogens with zero attached hydrogens (tertiary/aromatic N) is 1. The van der Waals surface area contributed by atoms with Crippen molar-refractivity contribution in [3.05, 3.63) is 35.4 Å². The Morgan fingerprint density at radius 2 is 2.05 bits per heavy atom. The minimum Gasteiger partial charge on any atom is -0.392 e. The van der Waals surface area contributed by atoms with Crippen LogP contribution in [0.2, 0.25) is 0 Å². The minimum atomic E-state index is 0.158. The smallest absolute Gasteiger partial charge is 0.0685 e. The Hall–Kier alpha value is -0.860. The quantitative estimate of drug-likeness (QED) is 0.903. The molecule has 3 rings (SSSR count). The number of likely N-dealkylation sites (tertiary alicyclic amines) is 1. The van der Waals surface area contributed by atoms with Gasteiger partial charge < -0.3 is 5.11 Å². The van der Waals surface area contributed by atoms with Crippen LogP contribution in [0.25, 0.3) is 0 Å². The predicted molar refractivity (Wildman–Crippen MR) is 82.4 cm³/mol. The lowest BCUT2D eigenvalue weighted by Crippen LogP contribution is -2.55. The summed E-state index contributed by atoms with van der Waals surface area (Å²) >= 11 is 0. The molecule has 1 aliphatic carbocycles. The van der Waals surface area contributed by atoms with Crippen molar-refractivity contribution in [2.45, 2.75) is 64.1 Å². The molecule has 0 unspecified atom stereocenters. The number of fused-ring (bicyclic) bond motifs is 2. The molecule has 0 radical (unpaired) electrons. The molecular weight excluding hydrogens is 246 g/mol. The highest BCUT2D eigenvalue weighted by molar-refractivity contribution is 5.26. The van der Waals surface area contributed by atoms with E-state index in [1.165, 1.54) is 50.6 Å². The summed E-state index contributed by atoms with van der Waals surface area (Å²) in [6.07, 6.45) is 8.24. The SMILES string of the molecule is CC[C@]12CCC[C@H](CCN1Cc1ccccc1CO)C2. The molecule has 1 saturated carbocycles. The lowest BCUT2D eigenvalue weighted by molar-refractivity contribution is -0.0237. The summed E-state index contributed by atoms with van der Waals surface area (Å²) in [5, 5.41) is 9.53. The van der Waals surface area contributed by atoms with Gasteiger partial charge in [-0.1, -0.05) is 44.0 Å². The second-order valence-corrected chi connectivity index (χ2v) is 6.68. The summed E-state index contributed by atoms with van der Waals surface area (Å²) in [5.74, 6) is 0.966. The molecule has 2 fully saturated rings. The molecule has 2 atom stereocenters. The Bertz CT molecular complexity index is 458. The van der Waals surface area contributed by atoms with Gasteiger partial charge in [0.15, 0.2) is 0 Å². The molecule has 1 aromatic carbocycles. The van der Waals surface area contributed by atoms with Crippen LogP contribution in [0, 0.1) is 5.92 Å².